The smallest absolute Gasteiger partial charge is 0.139 e. The van der Waals surface area contributed by atoms with Gasteiger partial charge in [0, 0.05) is 34.5 Å². The Balaban J connectivity index is 1.58. The van der Waals surface area contributed by atoms with E-state index in [4.69, 9.17) is 4.74 Å². The number of para-hydroxylation sites is 2. The van der Waals surface area contributed by atoms with Gasteiger partial charge in [-0.3, -0.25) is 0 Å². The van der Waals surface area contributed by atoms with Crippen LogP contribution in [0.5, 0.6) is 11.5 Å². The Morgan fingerprint density at radius 2 is 1.20 bits per heavy atom. The van der Waals surface area contributed by atoms with E-state index in [1.54, 1.807) is 0 Å². The number of ether oxygens (including phenoxy) is 1. The molecule has 0 saturated carbocycles. The van der Waals surface area contributed by atoms with E-state index in [2.05, 4.69) is 142 Å². The lowest BCUT2D eigenvalue weighted by Crippen LogP contribution is -2.38. The zero-order valence-electron chi connectivity index (χ0n) is 27.2. The molecule has 2 unspecified atom stereocenters. The molecule has 1 aliphatic rings. The zero-order chi connectivity index (χ0) is 31.9. The third-order valence-corrected chi connectivity index (χ3v) is 13.0. The molecule has 45 heavy (non-hydrogen) atoms. The monoisotopic (exact) mass is 631 g/mol. The molecular weight excluding hydrogens is 589 g/mol. The minimum Gasteiger partial charge on any atom is -0.456 e. The van der Waals surface area contributed by atoms with Gasteiger partial charge in [0.05, 0.1) is 10.8 Å². The number of hydrogen-bond acceptors (Lipinski definition) is 2. The summed E-state index contributed by atoms with van der Waals surface area (Å²) in [6.07, 6.45) is 0. The van der Waals surface area contributed by atoms with Gasteiger partial charge in [-0.1, -0.05) is 135 Å². The fourth-order valence-corrected chi connectivity index (χ4v) is 10.2. The average Bonchev–Trinajstić information content (AvgIpc) is 3.03. The predicted octanol–water partition coefficient (Wildman–Crippen LogP) is 8.67. The predicted molar refractivity (Wildman–Crippen MR) is 192 cm³/mol. The Kier molecular flexibility index (Phi) is 8.61. The number of fused-ring (bicyclic) bond motifs is 2. The van der Waals surface area contributed by atoms with Gasteiger partial charge in [0.25, 0.3) is 0 Å². The molecule has 0 spiro atoms. The van der Waals surface area contributed by atoms with Crippen LogP contribution in [0.4, 0.5) is 0 Å². The van der Waals surface area contributed by atoms with Crippen LogP contribution in [0.15, 0.2) is 121 Å². The van der Waals surface area contributed by atoms with Gasteiger partial charge in [0.1, 0.15) is 22.5 Å². The molecule has 5 aromatic carbocycles. The molecule has 5 heteroatoms. The van der Waals surface area contributed by atoms with Crippen LogP contribution in [0.2, 0.25) is 0 Å². The quantitative estimate of drug-likeness (QED) is 0.168. The second-order valence-electron chi connectivity index (χ2n) is 13.3. The summed E-state index contributed by atoms with van der Waals surface area (Å²) in [7, 11) is -0.173. The Labute approximate surface area is 272 Å². The molecule has 0 radical (unpaired) electrons. The topological polar surface area (TPSA) is 29.5 Å². The molecule has 0 saturated heterocycles. The van der Waals surface area contributed by atoms with Crippen LogP contribution in [-0.2, 0) is 16.4 Å². The number of aryl methyl sites for hydroxylation is 1. The summed E-state index contributed by atoms with van der Waals surface area (Å²) in [6, 6.07) is 42.9. The summed E-state index contributed by atoms with van der Waals surface area (Å²) in [5, 5.41) is 3.77. The van der Waals surface area contributed by atoms with E-state index in [1.807, 2.05) is 32.1 Å². The summed E-state index contributed by atoms with van der Waals surface area (Å²) in [4.78, 5) is 0. The maximum atomic E-state index is 14.0. The summed E-state index contributed by atoms with van der Waals surface area (Å²) in [6.45, 7) is 12.8. The first-order valence-corrected chi connectivity index (χ1v) is 18.0. The van der Waals surface area contributed by atoms with E-state index in [0.717, 1.165) is 33.8 Å². The number of nitrogens with zero attached hydrogens (tertiary/aromatic N) is 1. The van der Waals surface area contributed by atoms with Crippen molar-refractivity contribution in [1.82, 2.24) is 4.31 Å². The van der Waals surface area contributed by atoms with E-state index in [0.29, 0.717) is 0 Å². The largest absolute Gasteiger partial charge is 0.456 e. The van der Waals surface area contributed by atoms with Crippen LogP contribution in [0.25, 0.3) is 0 Å². The van der Waals surface area contributed by atoms with E-state index in [9.17, 15) is 4.21 Å². The molecule has 230 valence electrons. The van der Waals surface area contributed by atoms with Gasteiger partial charge in [0.15, 0.2) is 0 Å². The average molecular weight is 632 g/mol. The van der Waals surface area contributed by atoms with Gasteiger partial charge >= 0.3 is 0 Å². The Hall–Kier alpha value is -3.56. The lowest BCUT2D eigenvalue weighted by atomic mass is 9.74. The molecular formula is C40H42NO2PS. The van der Waals surface area contributed by atoms with E-state index >= 15 is 0 Å². The summed E-state index contributed by atoms with van der Waals surface area (Å²) in [5.74, 6) is 1.80. The van der Waals surface area contributed by atoms with Gasteiger partial charge in [-0.15, -0.1) is 0 Å². The second kappa shape index (κ2) is 12.3. The molecule has 0 aromatic heterocycles. The van der Waals surface area contributed by atoms with Crippen molar-refractivity contribution in [2.75, 3.05) is 7.05 Å². The number of hydrogen-bond donors (Lipinski definition) is 0. The van der Waals surface area contributed by atoms with Gasteiger partial charge in [-0.05, 0) is 57.4 Å². The highest BCUT2D eigenvalue weighted by molar-refractivity contribution is 7.84. The molecule has 6 rings (SSSR count). The van der Waals surface area contributed by atoms with E-state index in [-0.39, 0.29) is 11.5 Å². The molecule has 0 aliphatic carbocycles. The van der Waals surface area contributed by atoms with Crippen LogP contribution >= 0.6 is 7.92 Å². The van der Waals surface area contributed by atoms with Crippen LogP contribution in [0, 0.1) is 6.92 Å². The maximum Gasteiger partial charge on any atom is 0.139 e. The summed E-state index contributed by atoms with van der Waals surface area (Å²) < 4.78 is 22.9. The van der Waals surface area contributed by atoms with Crippen molar-refractivity contribution in [3.63, 3.8) is 0 Å². The Morgan fingerprint density at radius 1 is 0.689 bits per heavy atom. The fourth-order valence-electron chi connectivity index (χ4n) is 6.49. The Bertz CT molecular complexity index is 1810. The molecule has 3 nitrogen and oxygen atoms in total. The third-order valence-electron chi connectivity index (χ3n) is 8.79. The van der Waals surface area contributed by atoms with Crippen molar-refractivity contribution >= 4 is 34.8 Å². The van der Waals surface area contributed by atoms with Crippen molar-refractivity contribution in [2.24, 2.45) is 0 Å². The van der Waals surface area contributed by atoms with Gasteiger partial charge < -0.3 is 4.74 Å². The lowest BCUT2D eigenvalue weighted by molar-refractivity contribution is 0.389. The van der Waals surface area contributed by atoms with Crippen molar-refractivity contribution < 1.29 is 8.95 Å². The number of rotatable bonds is 7. The normalized spacial score (nSPS) is 15.2. The first-order valence-electron chi connectivity index (χ1n) is 15.6. The first kappa shape index (κ1) is 31.4. The fraction of sp³-hybridized carbons (Fsp3) is 0.250. The summed E-state index contributed by atoms with van der Waals surface area (Å²) >= 11 is 0. The molecule has 0 N–H and O–H groups in total. The van der Waals surface area contributed by atoms with Crippen molar-refractivity contribution in [1.29, 1.82) is 0 Å². The third kappa shape index (κ3) is 5.81. The van der Waals surface area contributed by atoms with Crippen molar-refractivity contribution in [3.05, 3.63) is 149 Å². The minimum atomic E-state index is -1.27. The van der Waals surface area contributed by atoms with Crippen molar-refractivity contribution in [2.45, 2.75) is 57.7 Å². The minimum absolute atomic E-state index is 0.268. The highest BCUT2D eigenvalue weighted by atomic mass is 32.2. The molecule has 0 fully saturated rings. The highest BCUT2D eigenvalue weighted by Gasteiger charge is 2.41. The molecule has 2 atom stereocenters. The van der Waals surface area contributed by atoms with Gasteiger partial charge in [-0.2, -0.15) is 0 Å². The van der Waals surface area contributed by atoms with Crippen molar-refractivity contribution in [3.8, 4) is 11.5 Å². The van der Waals surface area contributed by atoms with E-state index in [1.165, 1.54) is 21.5 Å². The zero-order valence-corrected chi connectivity index (χ0v) is 29.0. The van der Waals surface area contributed by atoms with Crippen LogP contribution in [0.1, 0.15) is 68.5 Å². The molecule has 0 bridgehead atoms. The van der Waals surface area contributed by atoms with E-state index < -0.39 is 23.7 Å². The molecule has 1 aliphatic heterocycles. The van der Waals surface area contributed by atoms with Crippen LogP contribution < -0.4 is 20.7 Å². The summed E-state index contributed by atoms with van der Waals surface area (Å²) in [5.41, 5.74) is 5.32. The highest BCUT2D eigenvalue weighted by Crippen LogP contribution is 2.53. The lowest BCUT2D eigenvalue weighted by Gasteiger charge is -2.40. The Morgan fingerprint density at radius 3 is 1.78 bits per heavy atom. The SMILES string of the molecule is Cc1ccccc1C(c1cccc2c1Oc1c(P(c3ccccc3)c3ccccc3)cccc1C2(C)C)N(C)S(=O)C(C)(C)C. The van der Waals surface area contributed by atoms with Gasteiger partial charge in [0.2, 0.25) is 0 Å². The van der Waals surface area contributed by atoms with Crippen LogP contribution in [0.3, 0.4) is 0 Å². The molecule has 5 aromatic rings. The maximum absolute atomic E-state index is 14.0. The van der Waals surface area contributed by atoms with Crippen LogP contribution in [-0.4, -0.2) is 20.3 Å². The molecule has 1 heterocycles. The second-order valence-corrected chi connectivity index (χ2v) is 17.8. The molecule has 0 amide bonds. The van der Waals surface area contributed by atoms with Gasteiger partial charge in [-0.25, -0.2) is 8.51 Å². The first-order chi connectivity index (χ1) is 21.5. The standard InChI is InChI=1S/C40H42NO2PS/c1-28-18-14-15-23-31(28)36(41(7)45(42)39(2,3)4)32-24-16-25-33-37(32)43-38-34(40(33,5)6)26-17-27-35(38)44(29-19-10-8-11-20-29)30-21-12-9-13-22-30/h8-27,36H,1-7H3. The number of benzene rings is 5.